The fraction of sp³-hybridized carbons (Fsp3) is 0.227. The van der Waals surface area contributed by atoms with Crippen LogP contribution in [0.1, 0.15) is 34.3 Å². The van der Waals surface area contributed by atoms with Crippen LogP contribution in [0.3, 0.4) is 0 Å². The van der Waals surface area contributed by atoms with Gasteiger partial charge in [-0.2, -0.15) is 0 Å². The van der Waals surface area contributed by atoms with Gasteiger partial charge >= 0.3 is 0 Å². The highest BCUT2D eigenvalue weighted by Gasteiger charge is 2.20. The third-order valence-corrected chi connectivity index (χ3v) is 4.79. The molecule has 0 radical (unpaired) electrons. The van der Waals surface area contributed by atoms with Crippen LogP contribution in [0.2, 0.25) is 0 Å². The number of rotatable bonds is 6. The zero-order chi connectivity index (χ0) is 19.5. The van der Waals surface area contributed by atoms with Crippen LogP contribution in [-0.2, 0) is 19.5 Å². The summed E-state index contributed by atoms with van der Waals surface area (Å²) in [4.78, 5) is 14.5. The summed E-state index contributed by atoms with van der Waals surface area (Å²) in [5.74, 6) is 0.750. The third-order valence-electron chi connectivity index (χ3n) is 4.79. The first-order valence-corrected chi connectivity index (χ1v) is 9.34. The number of amides is 1. The molecule has 4 rings (SSSR count). The van der Waals surface area contributed by atoms with Crippen LogP contribution >= 0.6 is 0 Å². The number of aryl methyl sites for hydroxylation is 1. The Morgan fingerprint density at radius 1 is 1.11 bits per heavy atom. The summed E-state index contributed by atoms with van der Waals surface area (Å²) < 4.78 is 7.62. The molecular formula is C22H22N4O2. The minimum absolute atomic E-state index is 0.161. The van der Waals surface area contributed by atoms with Crippen LogP contribution in [0.5, 0.6) is 0 Å². The molecular weight excluding hydrogens is 352 g/mol. The van der Waals surface area contributed by atoms with Crippen molar-refractivity contribution < 1.29 is 9.21 Å². The van der Waals surface area contributed by atoms with Gasteiger partial charge in [0.25, 0.3) is 5.91 Å². The van der Waals surface area contributed by atoms with E-state index in [9.17, 15) is 4.79 Å². The average molecular weight is 374 g/mol. The number of carbonyl (C=O) groups is 1. The van der Waals surface area contributed by atoms with Gasteiger partial charge in [-0.15, -0.1) is 5.10 Å². The third kappa shape index (κ3) is 3.53. The Morgan fingerprint density at radius 3 is 2.64 bits per heavy atom. The summed E-state index contributed by atoms with van der Waals surface area (Å²) in [5.41, 5.74) is 3.34. The Hall–Kier alpha value is -3.41. The Balaban J connectivity index is 1.51. The quantitative estimate of drug-likeness (QED) is 0.513. The second-order valence-corrected chi connectivity index (χ2v) is 6.80. The van der Waals surface area contributed by atoms with Gasteiger partial charge in [0.15, 0.2) is 5.69 Å². The van der Waals surface area contributed by atoms with Crippen molar-refractivity contribution in [2.75, 3.05) is 7.05 Å². The van der Waals surface area contributed by atoms with E-state index in [-0.39, 0.29) is 5.91 Å². The van der Waals surface area contributed by atoms with Crippen molar-refractivity contribution in [1.29, 1.82) is 0 Å². The molecule has 0 aliphatic rings. The molecule has 0 spiro atoms. The van der Waals surface area contributed by atoms with Gasteiger partial charge in [0, 0.05) is 31.0 Å². The summed E-state index contributed by atoms with van der Waals surface area (Å²) >= 11 is 0. The summed E-state index contributed by atoms with van der Waals surface area (Å²) in [7, 11) is 1.78. The maximum atomic E-state index is 12.9. The first kappa shape index (κ1) is 18.0. The highest BCUT2D eigenvalue weighted by molar-refractivity contribution is 5.92. The number of nitrogens with zero attached hydrogens (tertiary/aromatic N) is 4. The molecule has 0 saturated carbocycles. The number of para-hydroxylation sites is 1. The fourth-order valence-corrected chi connectivity index (χ4v) is 3.36. The van der Waals surface area contributed by atoms with E-state index < -0.39 is 0 Å². The van der Waals surface area contributed by atoms with Crippen molar-refractivity contribution in [3.8, 4) is 0 Å². The molecule has 6 nitrogen and oxygen atoms in total. The maximum absolute atomic E-state index is 12.9. The zero-order valence-electron chi connectivity index (χ0n) is 16.0. The number of furan rings is 1. The minimum Gasteiger partial charge on any atom is -0.461 e. The van der Waals surface area contributed by atoms with Crippen LogP contribution in [0.4, 0.5) is 0 Å². The number of aromatic nitrogens is 3. The Bertz CT molecular complexity index is 1100. The normalized spacial score (nSPS) is 11.1. The van der Waals surface area contributed by atoms with Gasteiger partial charge in [0.2, 0.25) is 0 Å². The molecule has 2 aromatic carbocycles. The van der Waals surface area contributed by atoms with Gasteiger partial charge < -0.3 is 9.32 Å². The fourth-order valence-electron chi connectivity index (χ4n) is 3.36. The molecule has 6 heteroatoms. The molecule has 0 atom stereocenters. The molecule has 1 amide bonds. The van der Waals surface area contributed by atoms with Crippen molar-refractivity contribution in [3.05, 3.63) is 83.4 Å². The van der Waals surface area contributed by atoms with E-state index in [0.717, 1.165) is 34.3 Å². The van der Waals surface area contributed by atoms with Crippen LogP contribution < -0.4 is 0 Å². The lowest BCUT2D eigenvalue weighted by Crippen LogP contribution is -2.26. The standard InChI is InChI=1S/C22H22N4O2/c1-3-20-18(17-11-7-8-12-21(17)28-20)14-25(2)22(27)19-15-26(24-23-19)13-16-9-5-4-6-10-16/h4-12,15H,3,13-14H2,1-2H3. The highest BCUT2D eigenvalue weighted by Crippen LogP contribution is 2.27. The second-order valence-electron chi connectivity index (χ2n) is 6.80. The predicted octanol–water partition coefficient (Wildman–Crippen LogP) is 3.91. The zero-order valence-corrected chi connectivity index (χ0v) is 16.0. The summed E-state index contributed by atoms with van der Waals surface area (Å²) in [6.45, 7) is 3.10. The first-order chi connectivity index (χ1) is 13.7. The molecule has 2 aromatic heterocycles. The Morgan fingerprint density at radius 2 is 1.86 bits per heavy atom. The van der Waals surface area contributed by atoms with E-state index in [1.165, 1.54) is 0 Å². The number of hydrogen-bond acceptors (Lipinski definition) is 4. The lowest BCUT2D eigenvalue weighted by Gasteiger charge is -2.15. The molecule has 142 valence electrons. The lowest BCUT2D eigenvalue weighted by atomic mass is 10.1. The number of benzene rings is 2. The summed E-state index contributed by atoms with van der Waals surface area (Å²) in [6, 6.07) is 17.9. The molecule has 0 bridgehead atoms. The van der Waals surface area contributed by atoms with Crippen LogP contribution in [0, 0.1) is 0 Å². The van der Waals surface area contributed by atoms with E-state index in [0.29, 0.717) is 18.8 Å². The molecule has 0 unspecified atom stereocenters. The molecule has 2 heterocycles. The molecule has 0 fully saturated rings. The van der Waals surface area contributed by atoms with Gasteiger partial charge in [0.05, 0.1) is 12.7 Å². The molecule has 0 aliphatic carbocycles. The van der Waals surface area contributed by atoms with Crippen molar-refractivity contribution in [3.63, 3.8) is 0 Å². The van der Waals surface area contributed by atoms with Gasteiger partial charge in [-0.05, 0) is 11.6 Å². The average Bonchev–Trinajstić information content (AvgIpc) is 3.33. The van der Waals surface area contributed by atoms with Crippen molar-refractivity contribution >= 4 is 16.9 Å². The first-order valence-electron chi connectivity index (χ1n) is 9.34. The van der Waals surface area contributed by atoms with Gasteiger partial charge in [0.1, 0.15) is 11.3 Å². The maximum Gasteiger partial charge on any atom is 0.276 e. The van der Waals surface area contributed by atoms with E-state index in [2.05, 4.69) is 17.2 Å². The van der Waals surface area contributed by atoms with E-state index in [1.54, 1.807) is 22.8 Å². The van der Waals surface area contributed by atoms with Crippen molar-refractivity contribution in [2.24, 2.45) is 0 Å². The Kier molecular flexibility index (Phi) is 4.93. The molecule has 4 aromatic rings. The van der Waals surface area contributed by atoms with E-state index in [4.69, 9.17) is 4.42 Å². The molecule has 0 N–H and O–H groups in total. The van der Waals surface area contributed by atoms with Gasteiger partial charge in [-0.3, -0.25) is 4.79 Å². The predicted molar refractivity (Wildman–Crippen MR) is 107 cm³/mol. The Labute approximate surface area is 163 Å². The van der Waals surface area contributed by atoms with E-state index in [1.807, 2.05) is 54.6 Å². The molecule has 28 heavy (non-hydrogen) atoms. The van der Waals surface area contributed by atoms with Gasteiger partial charge in [-0.1, -0.05) is 60.7 Å². The summed E-state index contributed by atoms with van der Waals surface area (Å²) in [5, 5.41) is 9.21. The largest absolute Gasteiger partial charge is 0.461 e. The van der Waals surface area contributed by atoms with Crippen molar-refractivity contribution in [2.45, 2.75) is 26.4 Å². The summed E-state index contributed by atoms with van der Waals surface area (Å²) in [6.07, 6.45) is 2.47. The topological polar surface area (TPSA) is 64.2 Å². The molecule has 0 saturated heterocycles. The smallest absolute Gasteiger partial charge is 0.276 e. The number of carbonyl (C=O) groups excluding carboxylic acids is 1. The minimum atomic E-state index is -0.161. The van der Waals surface area contributed by atoms with Crippen LogP contribution in [0.15, 0.2) is 65.2 Å². The van der Waals surface area contributed by atoms with Crippen molar-refractivity contribution in [1.82, 2.24) is 19.9 Å². The SMILES string of the molecule is CCc1oc2ccccc2c1CN(C)C(=O)c1cn(Cc2ccccc2)nn1. The number of hydrogen-bond donors (Lipinski definition) is 0. The monoisotopic (exact) mass is 374 g/mol. The van der Waals surface area contributed by atoms with Crippen LogP contribution in [-0.4, -0.2) is 32.8 Å². The highest BCUT2D eigenvalue weighted by atomic mass is 16.3. The second kappa shape index (κ2) is 7.68. The van der Waals surface area contributed by atoms with Gasteiger partial charge in [-0.25, -0.2) is 4.68 Å². The lowest BCUT2D eigenvalue weighted by molar-refractivity contribution is 0.0779. The van der Waals surface area contributed by atoms with Crippen LogP contribution in [0.25, 0.3) is 11.0 Å². The van der Waals surface area contributed by atoms with E-state index >= 15 is 0 Å². The molecule has 0 aliphatic heterocycles. The number of fused-ring (bicyclic) bond motifs is 1.